The average Bonchev–Trinajstić information content (AvgIpc) is 3.82. The van der Waals surface area contributed by atoms with Gasteiger partial charge in [-0.3, -0.25) is 29.1 Å². The van der Waals surface area contributed by atoms with Gasteiger partial charge in [0.25, 0.3) is 5.91 Å². The molecule has 0 spiro atoms. The Morgan fingerprint density at radius 1 is 0.815 bits per heavy atom. The number of carbonyl (C=O) groups excluding carboxylic acids is 4. The number of hydrogen-bond acceptors (Lipinski definition) is 9. The average molecular weight is 741 g/mol. The molecule has 0 fully saturated rings. The summed E-state index contributed by atoms with van der Waals surface area (Å²) in [5.41, 5.74) is 20.0. The van der Waals surface area contributed by atoms with E-state index in [2.05, 4.69) is 41.4 Å². The number of H-pyrrole nitrogens is 2. The minimum absolute atomic E-state index is 0.0611. The number of methoxy groups -OCH3 is 1. The number of nitrogens with one attached hydrogen (secondary N) is 4. The Balaban J connectivity index is 1.92. The number of esters is 1. The molecule has 13 heteroatoms. The molecule has 2 aliphatic rings. The van der Waals surface area contributed by atoms with E-state index >= 15 is 0 Å². The van der Waals surface area contributed by atoms with E-state index in [0.29, 0.717) is 89.9 Å². The Labute approximate surface area is 316 Å². The quantitative estimate of drug-likeness (QED) is 0.0713. The van der Waals surface area contributed by atoms with Crippen LogP contribution in [0.4, 0.5) is 0 Å². The summed E-state index contributed by atoms with van der Waals surface area (Å²) in [4.78, 5) is 71.0. The van der Waals surface area contributed by atoms with Crippen molar-refractivity contribution in [3.8, 4) is 0 Å². The maximum absolute atomic E-state index is 14.1. The van der Waals surface area contributed by atoms with Crippen molar-refractivity contribution in [2.24, 2.45) is 11.5 Å². The number of nitrogens with zero attached hydrogens (tertiary/aromatic N) is 2. The molecule has 5 heterocycles. The number of rotatable bonds is 14. The number of Topliss-reactive ketones (excluding diaryl/α,β-unsaturated/α-hetero) is 1. The SMILES string of the molecule is CC[C@H]1c2cc3[nH]c(c(CC(=O)OC)c4nc(cc5[nH]c(cc(n2)[C@@H]1C)c(C(C)=O)c5C)[C@@H](C)[C@@H]4CCC(=O)NCCCN)c(C(=O)NCCCN)c3C. The fourth-order valence-corrected chi connectivity index (χ4v) is 7.95. The molecule has 0 unspecified atom stereocenters. The fraction of sp³-hybridized carbons (Fsp3) is 0.512. The minimum atomic E-state index is -0.497. The van der Waals surface area contributed by atoms with Crippen molar-refractivity contribution < 1.29 is 23.9 Å². The van der Waals surface area contributed by atoms with E-state index in [9.17, 15) is 19.2 Å². The highest BCUT2D eigenvalue weighted by Crippen LogP contribution is 2.43. The van der Waals surface area contributed by atoms with Gasteiger partial charge in [-0.25, -0.2) is 0 Å². The zero-order valence-electron chi connectivity index (χ0n) is 32.7. The molecule has 5 rings (SSSR count). The molecule has 0 saturated carbocycles. The van der Waals surface area contributed by atoms with Gasteiger partial charge in [0.2, 0.25) is 5.91 Å². The third kappa shape index (κ3) is 8.27. The van der Waals surface area contributed by atoms with Crippen molar-refractivity contribution in [3.05, 3.63) is 68.8 Å². The number of hydrogen-bond donors (Lipinski definition) is 6. The number of amides is 2. The maximum atomic E-state index is 14.1. The predicted octanol–water partition coefficient (Wildman–Crippen LogP) is 5.36. The van der Waals surface area contributed by atoms with E-state index in [0.717, 1.165) is 34.6 Å². The molecule has 4 atom stereocenters. The molecule has 0 saturated heterocycles. The van der Waals surface area contributed by atoms with Crippen LogP contribution in [0.2, 0.25) is 0 Å². The molecular formula is C41H56N8O5. The summed E-state index contributed by atoms with van der Waals surface area (Å²) in [7, 11) is 1.33. The van der Waals surface area contributed by atoms with Gasteiger partial charge < -0.3 is 36.8 Å². The van der Waals surface area contributed by atoms with Crippen LogP contribution in [0.3, 0.4) is 0 Å². The normalized spacial score (nSPS) is 18.0. The van der Waals surface area contributed by atoms with Gasteiger partial charge in [-0.15, -0.1) is 0 Å². The number of carbonyl (C=O) groups is 4. The second kappa shape index (κ2) is 17.5. The van der Waals surface area contributed by atoms with Crippen LogP contribution in [0.15, 0.2) is 18.2 Å². The molecule has 3 aromatic heterocycles. The van der Waals surface area contributed by atoms with E-state index in [1.54, 1.807) is 6.92 Å². The summed E-state index contributed by atoms with van der Waals surface area (Å²) in [5, 5.41) is 5.97. The smallest absolute Gasteiger partial charge is 0.310 e. The van der Waals surface area contributed by atoms with Crippen molar-refractivity contribution in [1.82, 2.24) is 30.6 Å². The predicted molar refractivity (Wildman–Crippen MR) is 211 cm³/mol. The Hall–Kier alpha value is -4.88. The van der Waals surface area contributed by atoms with E-state index in [-0.39, 0.29) is 54.1 Å². The van der Waals surface area contributed by atoms with Crippen LogP contribution in [0, 0.1) is 13.8 Å². The largest absolute Gasteiger partial charge is 0.469 e. The van der Waals surface area contributed by atoms with E-state index in [1.807, 2.05) is 32.0 Å². The topological polar surface area (TPSA) is 211 Å². The fourth-order valence-electron chi connectivity index (χ4n) is 7.95. The van der Waals surface area contributed by atoms with E-state index in [1.165, 1.54) is 7.11 Å². The number of ether oxygens (including phenoxy) is 1. The monoisotopic (exact) mass is 740 g/mol. The highest BCUT2D eigenvalue weighted by Gasteiger charge is 2.34. The van der Waals surface area contributed by atoms with Crippen LogP contribution in [0.5, 0.6) is 0 Å². The first-order chi connectivity index (χ1) is 25.8. The van der Waals surface area contributed by atoms with Crippen LogP contribution in [-0.4, -0.2) is 76.8 Å². The summed E-state index contributed by atoms with van der Waals surface area (Å²) < 4.78 is 5.22. The van der Waals surface area contributed by atoms with Crippen LogP contribution in [0.25, 0.3) is 22.1 Å². The van der Waals surface area contributed by atoms with Crippen molar-refractivity contribution in [1.29, 1.82) is 0 Å². The van der Waals surface area contributed by atoms with Crippen molar-refractivity contribution in [2.75, 3.05) is 33.3 Å². The highest BCUT2D eigenvalue weighted by molar-refractivity contribution is 6.06. The summed E-state index contributed by atoms with van der Waals surface area (Å²) in [6, 6.07) is 5.93. The molecule has 8 bridgehead atoms. The van der Waals surface area contributed by atoms with Gasteiger partial charge in [0.15, 0.2) is 5.78 Å². The minimum Gasteiger partial charge on any atom is -0.469 e. The maximum Gasteiger partial charge on any atom is 0.310 e. The van der Waals surface area contributed by atoms with Gasteiger partial charge in [0.05, 0.1) is 35.8 Å². The lowest BCUT2D eigenvalue weighted by molar-refractivity contribution is -0.139. The lowest BCUT2D eigenvalue weighted by Crippen LogP contribution is -2.27. The molecule has 290 valence electrons. The zero-order chi connectivity index (χ0) is 39.3. The molecule has 0 aliphatic carbocycles. The van der Waals surface area contributed by atoms with E-state index < -0.39 is 5.97 Å². The number of aryl methyl sites for hydroxylation is 2. The molecule has 0 aromatic carbocycles. The third-order valence-corrected chi connectivity index (χ3v) is 11.1. The van der Waals surface area contributed by atoms with Gasteiger partial charge in [-0.2, -0.15) is 0 Å². The lowest BCUT2D eigenvalue weighted by Gasteiger charge is -2.18. The van der Waals surface area contributed by atoms with Gasteiger partial charge in [-0.1, -0.05) is 20.8 Å². The molecular weight excluding hydrogens is 685 g/mol. The first-order valence-electron chi connectivity index (χ1n) is 19.1. The standard InChI is InChI=1S/C41H56N8O5/c1-8-26-21(2)29-20-34-37(25(6)50)23(4)31(47-34)18-30-22(3)27(11-12-35(51)44-15-9-13-42)39(48-30)28(17-36(52)54-7)40-38(41(53)45-16-10-14-43)24(5)32(49-40)19-33(26)46-29/h18-22,26-27,47,49H,8-17,42-43H2,1-7H3,(H,44,51)(H,45,53)/t21-,22+,26-,27+/m1/s1. The molecule has 2 amide bonds. The molecule has 2 aliphatic heterocycles. The van der Waals surface area contributed by atoms with Crippen LogP contribution in [-0.2, 0) is 20.7 Å². The summed E-state index contributed by atoms with van der Waals surface area (Å²) in [6.45, 7) is 13.5. The van der Waals surface area contributed by atoms with Gasteiger partial charge >= 0.3 is 5.97 Å². The number of aromatic nitrogens is 4. The molecule has 54 heavy (non-hydrogen) atoms. The number of fused-ring (bicyclic) bond motifs is 8. The Kier molecular flexibility index (Phi) is 13.1. The molecule has 8 N–H and O–H groups in total. The third-order valence-electron chi connectivity index (χ3n) is 11.1. The Morgan fingerprint density at radius 2 is 1.41 bits per heavy atom. The first-order valence-corrected chi connectivity index (χ1v) is 19.1. The zero-order valence-corrected chi connectivity index (χ0v) is 32.7. The Bertz CT molecular complexity index is 2080. The van der Waals surface area contributed by atoms with E-state index in [4.69, 9.17) is 26.2 Å². The summed E-state index contributed by atoms with van der Waals surface area (Å²) in [6.07, 6.45) is 2.58. The molecule has 13 nitrogen and oxygen atoms in total. The van der Waals surface area contributed by atoms with Gasteiger partial charge in [0, 0.05) is 82.4 Å². The second-order valence-corrected chi connectivity index (χ2v) is 14.6. The first kappa shape index (κ1) is 40.3. The van der Waals surface area contributed by atoms with Crippen LogP contribution < -0.4 is 22.1 Å². The highest BCUT2D eigenvalue weighted by atomic mass is 16.5. The van der Waals surface area contributed by atoms with Crippen LogP contribution in [0.1, 0.15) is 144 Å². The molecule has 3 aromatic rings. The molecule has 0 radical (unpaired) electrons. The number of nitrogens with two attached hydrogens (primary N) is 2. The van der Waals surface area contributed by atoms with Crippen LogP contribution >= 0.6 is 0 Å². The summed E-state index contributed by atoms with van der Waals surface area (Å²) >= 11 is 0. The number of aromatic amines is 2. The summed E-state index contributed by atoms with van der Waals surface area (Å²) in [5.74, 6) is -1.31. The number of ketones is 1. The van der Waals surface area contributed by atoms with Crippen molar-refractivity contribution in [3.63, 3.8) is 0 Å². The van der Waals surface area contributed by atoms with Gasteiger partial charge in [0.1, 0.15) is 0 Å². The van der Waals surface area contributed by atoms with Crippen molar-refractivity contribution >= 4 is 45.6 Å². The van der Waals surface area contributed by atoms with Gasteiger partial charge in [-0.05, 0) is 88.9 Å². The van der Waals surface area contributed by atoms with Crippen molar-refractivity contribution in [2.45, 2.75) is 104 Å². The second-order valence-electron chi connectivity index (χ2n) is 14.6. The Morgan fingerprint density at radius 3 is 2.06 bits per heavy atom. The lowest BCUT2D eigenvalue weighted by atomic mass is 9.85.